The van der Waals surface area contributed by atoms with Gasteiger partial charge in [-0.2, -0.15) is 0 Å². The molecule has 1 fully saturated rings. The fourth-order valence-corrected chi connectivity index (χ4v) is 1.89. The molecule has 1 atom stereocenters. The molecule has 0 aromatic heterocycles. The molecule has 0 bridgehead atoms. The Kier molecular flexibility index (Phi) is 5.52. The minimum Gasteiger partial charge on any atom is -0.353 e. The van der Waals surface area contributed by atoms with Crippen LogP contribution in [0.3, 0.4) is 0 Å². The van der Waals surface area contributed by atoms with Crippen molar-refractivity contribution in [2.24, 2.45) is 4.99 Å². The Hall–Kier alpha value is -1.52. The average Bonchev–Trinajstić information content (AvgIpc) is 2.81. The summed E-state index contributed by atoms with van der Waals surface area (Å²) in [6.07, 6.45) is 3.34. The van der Waals surface area contributed by atoms with E-state index in [4.69, 9.17) is 0 Å². The second-order valence-corrected chi connectivity index (χ2v) is 4.07. The van der Waals surface area contributed by atoms with Gasteiger partial charge in [-0.15, -0.1) is 6.58 Å². The Balaban J connectivity index is 2.38. The SMILES string of the molecule is C=CCNC(=NC)NC1CCN(C(=O)CC)C1. The molecule has 0 radical (unpaired) electrons. The molecule has 2 N–H and O–H groups in total. The molecule has 1 heterocycles. The number of hydrogen-bond donors (Lipinski definition) is 2. The summed E-state index contributed by atoms with van der Waals surface area (Å²) < 4.78 is 0. The van der Waals surface area contributed by atoms with E-state index >= 15 is 0 Å². The lowest BCUT2D eigenvalue weighted by atomic mass is 10.3. The third kappa shape index (κ3) is 4.09. The molecular formula is C12H22N4O. The van der Waals surface area contributed by atoms with Gasteiger partial charge in [0.1, 0.15) is 0 Å². The fourth-order valence-electron chi connectivity index (χ4n) is 1.89. The van der Waals surface area contributed by atoms with Gasteiger partial charge >= 0.3 is 0 Å². The third-order valence-electron chi connectivity index (χ3n) is 2.82. The minimum atomic E-state index is 0.225. The first-order valence-electron chi connectivity index (χ1n) is 6.07. The molecule has 0 aliphatic carbocycles. The summed E-state index contributed by atoms with van der Waals surface area (Å²) in [5, 5.41) is 6.43. The lowest BCUT2D eigenvalue weighted by molar-refractivity contribution is -0.129. The van der Waals surface area contributed by atoms with Crippen molar-refractivity contribution in [3.63, 3.8) is 0 Å². The van der Waals surface area contributed by atoms with Gasteiger partial charge in [0.25, 0.3) is 0 Å². The minimum absolute atomic E-state index is 0.225. The Morgan fingerprint density at radius 1 is 1.65 bits per heavy atom. The van der Waals surface area contributed by atoms with Gasteiger partial charge in [-0.1, -0.05) is 13.0 Å². The van der Waals surface area contributed by atoms with Crippen LogP contribution < -0.4 is 10.6 Å². The van der Waals surface area contributed by atoms with Crippen LogP contribution in [-0.2, 0) is 4.79 Å². The maximum absolute atomic E-state index is 11.5. The van der Waals surface area contributed by atoms with Crippen LogP contribution in [0.15, 0.2) is 17.6 Å². The second kappa shape index (κ2) is 6.93. The van der Waals surface area contributed by atoms with E-state index in [2.05, 4.69) is 22.2 Å². The quantitative estimate of drug-likeness (QED) is 0.422. The highest BCUT2D eigenvalue weighted by atomic mass is 16.2. The Labute approximate surface area is 103 Å². The van der Waals surface area contributed by atoms with Crippen molar-refractivity contribution >= 4 is 11.9 Å². The molecule has 0 aromatic carbocycles. The number of likely N-dealkylation sites (tertiary alicyclic amines) is 1. The lowest BCUT2D eigenvalue weighted by Crippen LogP contribution is -2.45. The van der Waals surface area contributed by atoms with Crippen molar-refractivity contribution < 1.29 is 4.79 Å². The smallest absolute Gasteiger partial charge is 0.222 e. The second-order valence-electron chi connectivity index (χ2n) is 4.07. The van der Waals surface area contributed by atoms with Gasteiger partial charge in [-0.05, 0) is 6.42 Å². The first kappa shape index (κ1) is 13.5. The highest BCUT2D eigenvalue weighted by Crippen LogP contribution is 2.10. The summed E-state index contributed by atoms with van der Waals surface area (Å²) >= 11 is 0. The molecule has 1 aliphatic rings. The number of amides is 1. The van der Waals surface area contributed by atoms with Gasteiger partial charge in [0.05, 0.1) is 0 Å². The maximum Gasteiger partial charge on any atom is 0.222 e. The molecule has 0 aromatic rings. The van der Waals surface area contributed by atoms with Crippen molar-refractivity contribution in [2.75, 3.05) is 26.7 Å². The van der Waals surface area contributed by atoms with E-state index in [1.165, 1.54) is 0 Å². The Morgan fingerprint density at radius 3 is 3.00 bits per heavy atom. The number of guanidine groups is 1. The zero-order valence-electron chi connectivity index (χ0n) is 10.7. The van der Waals surface area contributed by atoms with Crippen LogP contribution in [0.5, 0.6) is 0 Å². The average molecular weight is 238 g/mol. The number of nitrogens with zero attached hydrogens (tertiary/aromatic N) is 2. The van der Waals surface area contributed by atoms with Crippen LogP contribution >= 0.6 is 0 Å². The summed E-state index contributed by atoms with van der Waals surface area (Å²) in [4.78, 5) is 17.5. The topological polar surface area (TPSA) is 56.7 Å². The molecule has 1 saturated heterocycles. The van der Waals surface area contributed by atoms with E-state index in [-0.39, 0.29) is 5.91 Å². The Bertz CT molecular complexity index is 301. The number of aliphatic imine (C=N–C) groups is 1. The fraction of sp³-hybridized carbons (Fsp3) is 0.667. The van der Waals surface area contributed by atoms with Crippen LogP contribution in [0.4, 0.5) is 0 Å². The molecule has 1 aliphatic heterocycles. The monoisotopic (exact) mass is 238 g/mol. The maximum atomic E-state index is 11.5. The molecule has 1 amide bonds. The van der Waals surface area contributed by atoms with Gasteiger partial charge in [-0.25, -0.2) is 0 Å². The van der Waals surface area contributed by atoms with Crippen LogP contribution in [0.2, 0.25) is 0 Å². The number of nitrogens with one attached hydrogen (secondary N) is 2. The lowest BCUT2D eigenvalue weighted by Gasteiger charge is -2.18. The molecule has 1 rings (SSSR count). The van der Waals surface area contributed by atoms with Crippen LogP contribution in [0.25, 0.3) is 0 Å². The van der Waals surface area contributed by atoms with E-state index in [0.29, 0.717) is 19.0 Å². The van der Waals surface area contributed by atoms with Crippen LogP contribution in [0, 0.1) is 0 Å². The molecule has 1 unspecified atom stereocenters. The zero-order chi connectivity index (χ0) is 12.7. The van der Waals surface area contributed by atoms with Gasteiger partial charge < -0.3 is 15.5 Å². The van der Waals surface area contributed by atoms with E-state index in [1.807, 2.05) is 11.8 Å². The molecule has 5 heteroatoms. The van der Waals surface area contributed by atoms with E-state index < -0.39 is 0 Å². The van der Waals surface area contributed by atoms with Gasteiger partial charge in [-0.3, -0.25) is 9.79 Å². The van der Waals surface area contributed by atoms with E-state index in [9.17, 15) is 4.79 Å². The zero-order valence-corrected chi connectivity index (χ0v) is 10.7. The standard InChI is InChI=1S/C12H22N4O/c1-4-7-14-12(13-3)15-10-6-8-16(9-10)11(17)5-2/h4,10H,1,5-9H2,2-3H3,(H2,13,14,15). The molecular weight excluding hydrogens is 216 g/mol. The van der Waals surface area contributed by atoms with Crippen molar-refractivity contribution in [1.82, 2.24) is 15.5 Å². The Morgan fingerprint density at radius 2 is 2.41 bits per heavy atom. The highest BCUT2D eigenvalue weighted by molar-refractivity contribution is 5.80. The largest absolute Gasteiger partial charge is 0.353 e. The van der Waals surface area contributed by atoms with Crippen LogP contribution in [0.1, 0.15) is 19.8 Å². The van der Waals surface area contributed by atoms with Gasteiger partial charge in [0, 0.05) is 39.1 Å². The van der Waals surface area contributed by atoms with Crippen molar-refractivity contribution in [3.05, 3.63) is 12.7 Å². The predicted octanol–water partition coefficient (Wildman–Crippen LogP) is 0.348. The normalized spacial score (nSPS) is 20.2. The molecule has 5 nitrogen and oxygen atoms in total. The summed E-state index contributed by atoms with van der Waals surface area (Å²) in [6, 6.07) is 0.293. The number of carbonyl (C=O) groups excluding carboxylic acids is 1. The first-order chi connectivity index (χ1) is 8.21. The first-order valence-corrected chi connectivity index (χ1v) is 6.07. The van der Waals surface area contributed by atoms with Crippen molar-refractivity contribution in [3.8, 4) is 0 Å². The molecule has 17 heavy (non-hydrogen) atoms. The van der Waals surface area contributed by atoms with E-state index in [0.717, 1.165) is 25.5 Å². The van der Waals surface area contributed by atoms with Crippen molar-refractivity contribution in [2.45, 2.75) is 25.8 Å². The third-order valence-corrected chi connectivity index (χ3v) is 2.82. The summed E-state index contributed by atoms with van der Waals surface area (Å²) in [5.41, 5.74) is 0. The van der Waals surface area contributed by atoms with Gasteiger partial charge in [0.2, 0.25) is 5.91 Å². The van der Waals surface area contributed by atoms with Crippen molar-refractivity contribution in [1.29, 1.82) is 0 Å². The van der Waals surface area contributed by atoms with Gasteiger partial charge in [0.15, 0.2) is 5.96 Å². The number of carbonyl (C=O) groups is 1. The predicted molar refractivity (Wildman–Crippen MR) is 70.0 cm³/mol. The molecule has 96 valence electrons. The van der Waals surface area contributed by atoms with Crippen LogP contribution in [-0.4, -0.2) is 49.5 Å². The molecule has 0 saturated carbocycles. The van der Waals surface area contributed by atoms with E-state index in [1.54, 1.807) is 13.1 Å². The summed E-state index contributed by atoms with van der Waals surface area (Å²) in [6.45, 7) is 7.83. The summed E-state index contributed by atoms with van der Waals surface area (Å²) in [5.74, 6) is 0.990. The number of rotatable bonds is 4. The molecule has 0 spiro atoms. The highest BCUT2D eigenvalue weighted by Gasteiger charge is 2.25. The summed E-state index contributed by atoms with van der Waals surface area (Å²) in [7, 11) is 1.74. The number of hydrogen-bond acceptors (Lipinski definition) is 2.